The van der Waals surface area contributed by atoms with Crippen molar-refractivity contribution in [2.75, 3.05) is 0 Å². The first-order chi connectivity index (χ1) is 11.6. The van der Waals surface area contributed by atoms with Crippen LogP contribution in [-0.4, -0.2) is 18.2 Å². The Morgan fingerprint density at radius 1 is 1.20 bits per heavy atom. The number of hydrogen-bond acceptors (Lipinski definition) is 4. The maximum atomic E-state index is 13.1. The quantitative estimate of drug-likeness (QED) is 0.652. The van der Waals surface area contributed by atoms with Crippen LogP contribution in [0.5, 0.6) is 0 Å². The molecule has 0 aliphatic heterocycles. The Morgan fingerprint density at radius 2 is 1.88 bits per heavy atom. The molecular weight excluding hydrogens is 443 g/mol. The molecule has 1 aromatic carbocycles. The molecule has 3 rings (SSSR count). The van der Waals surface area contributed by atoms with E-state index in [-0.39, 0.29) is 16.3 Å². The van der Waals surface area contributed by atoms with Gasteiger partial charge in [0.2, 0.25) is 10.0 Å². The minimum Gasteiger partial charge on any atom is -0.230 e. The fourth-order valence-corrected chi connectivity index (χ4v) is 4.34. The lowest BCUT2D eigenvalue weighted by Crippen LogP contribution is -2.16. The van der Waals surface area contributed by atoms with Crippen LogP contribution >= 0.6 is 27.3 Å². The summed E-state index contributed by atoms with van der Waals surface area (Å²) in [7, 11) is -4.15. The molecule has 3 aromatic rings. The van der Waals surface area contributed by atoms with Crippen LogP contribution in [0.25, 0.3) is 16.3 Å². The van der Waals surface area contributed by atoms with Crippen molar-refractivity contribution in [3.8, 4) is 16.3 Å². The highest BCUT2D eigenvalue weighted by atomic mass is 79.9. The first-order valence-corrected chi connectivity index (χ1v) is 9.83. The summed E-state index contributed by atoms with van der Waals surface area (Å²) in [4.78, 5) is 0.169. The molecular formula is C14H9BrF3N3O2S2. The molecule has 0 saturated heterocycles. The molecule has 132 valence electrons. The second-order valence-electron chi connectivity index (χ2n) is 4.97. The minimum atomic E-state index is -4.68. The molecule has 0 amide bonds. The van der Waals surface area contributed by atoms with Gasteiger partial charge in [-0.2, -0.15) is 18.3 Å². The van der Waals surface area contributed by atoms with Crippen molar-refractivity contribution in [1.82, 2.24) is 9.78 Å². The molecule has 2 heterocycles. The number of nitrogens with zero attached hydrogens (tertiary/aromatic N) is 2. The van der Waals surface area contributed by atoms with Crippen molar-refractivity contribution in [1.29, 1.82) is 0 Å². The minimum absolute atomic E-state index is 0.0555. The van der Waals surface area contributed by atoms with E-state index < -0.39 is 21.9 Å². The van der Waals surface area contributed by atoms with E-state index in [1.165, 1.54) is 35.6 Å². The van der Waals surface area contributed by atoms with E-state index in [1.54, 1.807) is 11.4 Å². The van der Waals surface area contributed by atoms with E-state index >= 15 is 0 Å². The molecule has 5 nitrogen and oxygen atoms in total. The second kappa shape index (κ2) is 6.24. The predicted molar refractivity (Wildman–Crippen MR) is 91.0 cm³/mol. The third-order valence-corrected chi connectivity index (χ3v) is 5.89. The van der Waals surface area contributed by atoms with Gasteiger partial charge in [-0.3, -0.25) is 0 Å². The number of halogens is 4. The predicted octanol–water partition coefficient (Wildman–Crippen LogP) is 4.03. The molecule has 0 bridgehead atoms. The average Bonchev–Trinajstić information content (AvgIpc) is 3.11. The summed E-state index contributed by atoms with van der Waals surface area (Å²) in [5.41, 5.74) is -1.07. The van der Waals surface area contributed by atoms with Crippen molar-refractivity contribution >= 4 is 37.3 Å². The van der Waals surface area contributed by atoms with E-state index in [0.29, 0.717) is 9.35 Å². The molecule has 0 aliphatic rings. The van der Waals surface area contributed by atoms with Gasteiger partial charge in [-0.15, -0.1) is 11.3 Å². The highest BCUT2D eigenvalue weighted by molar-refractivity contribution is 9.10. The number of thiophene rings is 1. The maximum Gasteiger partial charge on any atom is 0.435 e. The first-order valence-electron chi connectivity index (χ1n) is 6.61. The van der Waals surface area contributed by atoms with Crippen molar-refractivity contribution < 1.29 is 21.6 Å². The summed E-state index contributed by atoms with van der Waals surface area (Å²) in [5, 5.41) is 10.5. The summed E-state index contributed by atoms with van der Waals surface area (Å²) < 4.78 is 64.6. The molecule has 0 saturated carbocycles. The SMILES string of the molecule is NS(=O)(=O)c1ccccc1-n1nc(C(F)(F)F)cc1-c1cc(Br)cs1. The van der Waals surface area contributed by atoms with Gasteiger partial charge in [0, 0.05) is 9.85 Å². The number of hydrogen-bond donors (Lipinski definition) is 1. The molecule has 11 heteroatoms. The Morgan fingerprint density at radius 3 is 2.44 bits per heavy atom. The zero-order chi connectivity index (χ0) is 18.4. The number of rotatable bonds is 3. The smallest absolute Gasteiger partial charge is 0.230 e. The van der Waals surface area contributed by atoms with Crippen LogP contribution in [0.3, 0.4) is 0 Å². The number of benzene rings is 1. The molecule has 0 aliphatic carbocycles. The van der Waals surface area contributed by atoms with Crippen LogP contribution in [0.2, 0.25) is 0 Å². The standard InChI is InChI=1S/C14H9BrF3N3O2S2/c15-8-5-11(24-7-8)10-6-13(14(16,17)18)20-21(10)9-3-1-2-4-12(9)25(19,22)23/h1-7H,(H2,19,22,23). The summed E-state index contributed by atoms with van der Waals surface area (Å²) in [5.74, 6) is 0. The van der Waals surface area contributed by atoms with Crippen molar-refractivity contribution in [3.05, 3.63) is 51.9 Å². The topological polar surface area (TPSA) is 78.0 Å². The highest BCUT2D eigenvalue weighted by Gasteiger charge is 2.36. The third kappa shape index (κ3) is 3.64. The van der Waals surface area contributed by atoms with Gasteiger partial charge in [0.25, 0.3) is 0 Å². The largest absolute Gasteiger partial charge is 0.435 e. The number of sulfonamides is 1. The molecule has 2 N–H and O–H groups in total. The van der Waals surface area contributed by atoms with Gasteiger partial charge in [-0.05, 0) is 40.2 Å². The zero-order valence-corrected chi connectivity index (χ0v) is 15.4. The summed E-state index contributed by atoms with van der Waals surface area (Å²) in [6.07, 6.45) is -4.68. The van der Waals surface area contributed by atoms with Crippen LogP contribution in [0.15, 0.2) is 51.1 Å². The van der Waals surface area contributed by atoms with Crippen LogP contribution in [-0.2, 0) is 16.2 Å². The maximum absolute atomic E-state index is 13.1. The van der Waals surface area contributed by atoms with Gasteiger partial charge < -0.3 is 0 Å². The number of aromatic nitrogens is 2. The van der Waals surface area contributed by atoms with Crippen LogP contribution in [0.4, 0.5) is 13.2 Å². The Bertz CT molecular complexity index is 1040. The van der Waals surface area contributed by atoms with Gasteiger partial charge in [0.1, 0.15) is 4.90 Å². The average molecular weight is 452 g/mol. The zero-order valence-electron chi connectivity index (χ0n) is 12.2. The van der Waals surface area contributed by atoms with Gasteiger partial charge in [0.05, 0.1) is 16.3 Å². The van der Waals surface area contributed by atoms with Crippen LogP contribution in [0.1, 0.15) is 5.69 Å². The monoisotopic (exact) mass is 451 g/mol. The van der Waals surface area contributed by atoms with Gasteiger partial charge >= 0.3 is 6.18 Å². The van der Waals surface area contributed by atoms with Gasteiger partial charge in [0.15, 0.2) is 5.69 Å². The first kappa shape index (κ1) is 18.1. The van der Waals surface area contributed by atoms with E-state index in [1.807, 2.05) is 0 Å². The molecule has 0 atom stereocenters. The molecule has 25 heavy (non-hydrogen) atoms. The lowest BCUT2D eigenvalue weighted by Gasteiger charge is -2.10. The van der Waals surface area contributed by atoms with Crippen LogP contribution < -0.4 is 5.14 Å². The van der Waals surface area contributed by atoms with E-state index in [0.717, 1.165) is 10.7 Å². The lowest BCUT2D eigenvalue weighted by atomic mass is 10.2. The Balaban J connectivity index is 2.32. The van der Waals surface area contributed by atoms with Crippen molar-refractivity contribution in [2.24, 2.45) is 5.14 Å². The van der Waals surface area contributed by atoms with Gasteiger partial charge in [-0.1, -0.05) is 12.1 Å². The Kier molecular flexibility index (Phi) is 4.52. The van der Waals surface area contributed by atoms with E-state index in [9.17, 15) is 21.6 Å². The second-order valence-corrected chi connectivity index (χ2v) is 8.32. The molecule has 0 unspecified atom stereocenters. The molecule has 0 fully saturated rings. The molecule has 0 radical (unpaired) electrons. The van der Waals surface area contributed by atoms with Crippen molar-refractivity contribution in [2.45, 2.75) is 11.1 Å². The third-order valence-electron chi connectivity index (χ3n) is 3.22. The molecule has 2 aromatic heterocycles. The summed E-state index contributed by atoms with van der Waals surface area (Å²) in [6, 6.07) is 7.98. The van der Waals surface area contributed by atoms with Crippen molar-refractivity contribution in [3.63, 3.8) is 0 Å². The van der Waals surface area contributed by atoms with Gasteiger partial charge in [-0.25, -0.2) is 18.2 Å². The fraction of sp³-hybridized carbons (Fsp3) is 0.0714. The van der Waals surface area contributed by atoms with E-state index in [2.05, 4.69) is 21.0 Å². The number of para-hydroxylation sites is 1. The molecule has 0 spiro atoms. The van der Waals surface area contributed by atoms with E-state index in [4.69, 9.17) is 5.14 Å². The van der Waals surface area contributed by atoms with Crippen LogP contribution in [0, 0.1) is 0 Å². The lowest BCUT2D eigenvalue weighted by molar-refractivity contribution is -0.141. The fourth-order valence-electron chi connectivity index (χ4n) is 2.20. The number of primary sulfonamides is 1. The number of nitrogens with two attached hydrogens (primary N) is 1. The Labute approximate surface area is 153 Å². The summed E-state index contributed by atoms with van der Waals surface area (Å²) in [6.45, 7) is 0. The number of alkyl halides is 3. The summed E-state index contributed by atoms with van der Waals surface area (Å²) >= 11 is 4.44. The normalized spacial score (nSPS) is 12.5. The highest BCUT2D eigenvalue weighted by Crippen LogP contribution is 2.37. The Hall–Kier alpha value is -1.69.